The van der Waals surface area contributed by atoms with Crippen LogP contribution in [-0.4, -0.2) is 83.6 Å². The van der Waals surface area contributed by atoms with Crippen molar-refractivity contribution in [3.05, 3.63) is 124 Å². The highest BCUT2D eigenvalue weighted by Gasteiger charge is 2.38. The molecule has 268 valence electrons. The van der Waals surface area contributed by atoms with Gasteiger partial charge in [-0.3, -0.25) is 27.9 Å². The summed E-state index contributed by atoms with van der Waals surface area (Å²) in [6, 6.07) is 20.0. The second-order valence-electron chi connectivity index (χ2n) is 12.7. The molecule has 2 atom stereocenters. The van der Waals surface area contributed by atoms with E-state index in [4.69, 9.17) is 14.7 Å². The molecule has 8 rings (SSSR count). The summed E-state index contributed by atoms with van der Waals surface area (Å²) in [5, 5.41) is 7.71. The Morgan fingerprint density at radius 1 is 1.06 bits per heavy atom. The number of benzene rings is 3. The Morgan fingerprint density at radius 3 is 2.66 bits per heavy atom. The second-order valence-corrected chi connectivity index (χ2v) is 14.5. The smallest absolute Gasteiger partial charge is 0.327 e. The van der Waals surface area contributed by atoms with Gasteiger partial charge < -0.3 is 24.8 Å². The fourth-order valence-electron chi connectivity index (χ4n) is 6.58. The van der Waals surface area contributed by atoms with Crippen LogP contribution in [0.2, 0.25) is 0 Å². The number of oxazole rings is 1. The largest absolute Gasteiger partial charge is 0.424 e. The molecule has 0 radical (unpaired) electrons. The Balaban J connectivity index is 1.05. The first-order chi connectivity index (χ1) is 25.4. The number of hydrogen-bond donors (Lipinski definition) is 3. The molecule has 15 nitrogen and oxygen atoms in total. The zero-order valence-electron chi connectivity index (χ0n) is 28.0. The van der Waals surface area contributed by atoms with Crippen LogP contribution < -0.4 is 11.3 Å². The number of amides is 2. The van der Waals surface area contributed by atoms with Crippen LogP contribution in [0.5, 0.6) is 0 Å². The van der Waals surface area contributed by atoms with Crippen LogP contribution in [0, 0.1) is 5.82 Å². The van der Waals surface area contributed by atoms with E-state index in [1.165, 1.54) is 23.2 Å². The van der Waals surface area contributed by atoms with Gasteiger partial charge in [0.15, 0.2) is 11.8 Å². The summed E-state index contributed by atoms with van der Waals surface area (Å²) in [5.41, 5.74) is 9.47. The summed E-state index contributed by atoms with van der Waals surface area (Å²) >= 11 is 0. The second kappa shape index (κ2) is 13.1. The lowest BCUT2D eigenvalue weighted by Crippen LogP contribution is -2.57. The summed E-state index contributed by atoms with van der Waals surface area (Å²) in [7, 11) is -4.21. The highest BCUT2D eigenvalue weighted by molar-refractivity contribution is 7.51. The van der Waals surface area contributed by atoms with Crippen LogP contribution in [0.3, 0.4) is 0 Å². The molecule has 7 aromatic rings. The van der Waals surface area contributed by atoms with E-state index in [9.17, 15) is 23.8 Å². The molecule has 4 aromatic heterocycles. The van der Waals surface area contributed by atoms with Gasteiger partial charge in [0, 0.05) is 37.8 Å². The summed E-state index contributed by atoms with van der Waals surface area (Å²) in [4.78, 5) is 61.5. The van der Waals surface area contributed by atoms with Gasteiger partial charge in [0.05, 0.1) is 29.4 Å². The van der Waals surface area contributed by atoms with E-state index in [0.717, 1.165) is 28.8 Å². The van der Waals surface area contributed by atoms with Crippen LogP contribution in [-0.2, 0) is 15.5 Å². The van der Waals surface area contributed by atoms with Crippen LogP contribution in [0.1, 0.15) is 32.1 Å². The molecule has 17 heteroatoms. The van der Waals surface area contributed by atoms with Gasteiger partial charge in [-0.25, -0.2) is 14.5 Å². The lowest BCUT2D eigenvalue weighted by molar-refractivity contribution is -0.0246. The maximum atomic E-state index is 15.3. The highest BCUT2D eigenvalue weighted by atomic mass is 31.2. The molecule has 0 spiro atoms. The van der Waals surface area contributed by atoms with Crippen molar-refractivity contribution in [2.24, 2.45) is 0 Å². The van der Waals surface area contributed by atoms with E-state index in [-0.39, 0.29) is 48.9 Å². The number of aromatic amines is 1. The molecule has 0 bridgehead atoms. The zero-order valence-corrected chi connectivity index (χ0v) is 28.9. The van der Waals surface area contributed by atoms with Crippen LogP contribution in [0.4, 0.5) is 10.4 Å². The number of nitrogens with zero attached hydrogens (tertiary/aromatic N) is 6. The van der Waals surface area contributed by atoms with E-state index in [2.05, 4.69) is 20.2 Å². The highest BCUT2D eigenvalue weighted by Crippen LogP contribution is 2.40. The molecule has 2 amide bonds. The minimum absolute atomic E-state index is 0.00957. The quantitative estimate of drug-likeness (QED) is 0.195. The fraction of sp³-hybridized carbons (Fsp3) is 0.167. The lowest BCUT2D eigenvalue weighted by atomic mass is 10.0. The Bertz CT molecular complexity index is 2700. The number of H-pyrrole nitrogens is 1. The normalized spacial score (nSPS) is 16.0. The van der Waals surface area contributed by atoms with E-state index in [1.54, 1.807) is 47.0 Å². The molecular weight excluding hydrogens is 706 g/mol. The van der Waals surface area contributed by atoms with Gasteiger partial charge in [0.25, 0.3) is 23.4 Å². The number of hydrogen-bond acceptors (Lipinski definition) is 10. The first-order valence-electron chi connectivity index (χ1n) is 16.4. The number of piperazine rings is 1. The topological polar surface area (TPSA) is 202 Å². The lowest BCUT2D eigenvalue weighted by Gasteiger charge is -2.41. The van der Waals surface area contributed by atoms with Crippen molar-refractivity contribution >= 4 is 52.9 Å². The number of fused-ring (bicyclic) bond motifs is 3. The fourth-order valence-corrected chi connectivity index (χ4v) is 7.21. The monoisotopic (exact) mass is 736 g/mol. The van der Waals surface area contributed by atoms with Crippen molar-refractivity contribution in [2.75, 3.05) is 32.0 Å². The maximum absolute atomic E-state index is 15.3. The Labute approximate surface area is 299 Å². The van der Waals surface area contributed by atoms with Crippen molar-refractivity contribution < 1.29 is 32.4 Å². The number of nitrogens with one attached hydrogen (secondary N) is 1. The average Bonchev–Trinajstić information content (AvgIpc) is 3.74. The molecule has 1 aliphatic heterocycles. The van der Waals surface area contributed by atoms with Crippen LogP contribution >= 0.6 is 7.60 Å². The minimum atomic E-state index is -4.21. The molecule has 4 N–H and O–H groups in total. The van der Waals surface area contributed by atoms with E-state index >= 15 is 4.39 Å². The van der Waals surface area contributed by atoms with Crippen LogP contribution in [0.15, 0.2) is 94.4 Å². The van der Waals surface area contributed by atoms with Crippen LogP contribution in [0.25, 0.3) is 38.6 Å². The predicted molar refractivity (Wildman–Crippen MR) is 192 cm³/mol. The molecule has 0 aliphatic carbocycles. The molecule has 53 heavy (non-hydrogen) atoms. The molecule has 1 fully saturated rings. The van der Waals surface area contributed by atoms with Crippen molar-refractivity contribution in [3.8, 4) is 11.1 Å². The summed E-state index contributed by atoms with van der Waals surface area (Å²) in [5.74, 6) is -2.07. The third-order valence-electron chi connectivity index (χ3n) is 9.07. The van der Waals surface area contributed by atoms with Gasteiger partial charge in [-0.15, -0.1) is 0 Å². The van der Waals surface area contributed by atoms with Gasteiger partial charge in [-0.2, -0.15) is 10.1 Å². The Hall–Kier alpha value is -6.22. The number of nitrogen functional groups attached to an aromatic ring is 1. The molecule has 5 heterocycles. The zero-order chi connectivity index (χ0) is 37.0. The number of rotatable bonds is 7. The number of carbonyl (C=O) groups excluding carboxylic acids is 2. The Morgan fingerprint density at radius 2 is 1.85 bits per heavy atom. The van der Waals surface area contributed by atoms with Gasteiger partial charge in [0.1, 0.15) is 22.7 Å². The molecular formula is C36H30FN8O7P. The summed E-state index contributed by atoms with van der Waals surface area (Å²) in [6.07, 6.45) is 1.97. The van der Waals surface area contributed by atoms with E-state index in [0.29, 0.717) is 38.8 Å². The van der Waals surface area contributed by atoms with Crippen molar-refractivity contribution in [3.63, 3.8) is 0 Å². The first-order valence-corrected chi connectivity index (χ1v) is 18.4. The molecule has 2 unspecified atom stereocenters. The number of aromatic nitrogens is 5. The molecule has 1 aliphatic rings. The molecule has 0 saturated carbocycles. The number of pyridine rings is 1. The Kier molecular flexibility index (Phi) is 8.36. The number of nitrogens with two attached hydrogens (primary N) is 1. The average molecular weight is 737 g/mol. The number of carbonyl (C=O) groups is 2. The van der Waals surface area contributed by atoms with Gasteiger partial charge in [0.2, 0.25) is 0 Å². The summed E-state index contributed by atoms with van der Waals surface area (Å²) in [6.45, 7) is 0.564. The van der Waals surface area contributed by atoms with Gasteiger partial charge in [-0.05, 0) is 59.2 Å². The number of imidazole rings is 1. The molecule has 3 aromatic carbocycles. The van der Waals surface area contributed by atoms with Crippen molar-refractivity contribution in [1.29, 1.82) is 0 Å². The van der Waals surface area contributed by atoms with Crippen molar-refractivity contribution in [1.82, 2.24) is 34.4 Å². The predicted octanol–water partition coefficient (Wildman–Crippen LogP) is 4.45. The van der Waals surface area contributed by atoms with E-state index < -0.39 is 31.5 Å². The third kappa shape index (κ3) is 6.55. The van der Waals surface area contributed by atoms with Crippen molar-refractivity contribution in [2.45, 2.75) is 12.6 Å². The standard InChI is InChI=1S/C36H30FN8O7P/c1-53(49,50)52-32-19-43(35(48)29-17-39-31-11-8-22(18-45(29)31)21-7-10-30-28(16-21)40-36(38)51-30)12-13-44(32)34(47)25-14-20(6-9-26(25)37)15-27-23-4-2-3-5-24(23)33(46)42-41-27/h2-11,14,16-18,32H,12-13,15,19H2,1H3,(H2,38,40)(H,42,46)(H,49,50). The van der Waals surface area contributed by atoms with Gasteiger partial charge in [-0.1, -0.05) is 30.3 Å². The van der Waals surface area contributed by atoms with E-state index in [1.807, 2.05) is 18.2 Å². The molecule has 1 saturated heterocycles. The summed E-state index contributed by atoms with van der Waals surface area (Å²) < 4.78 is 40.3. The first kappa shape index (κ1) is 33.9. The van der Waals surface area contributed by atoms with Gasteiger partial charge >= 0.3 is 7.60 Å². The maximum Gasteiger partial charge on any atom is 0.327 e. The number of anilines is 1. The number of halogens is 1. The third-order valence-corrected chi connectivity index (χ3v) is 9.70. The minimum Gasteiger partial charge on any atom is -0.424 e. The SMILES string of the molecule is CP(=O)(O)OC1CN(C(=O)c2cnc3ccc(-c4ccc5oc(N)nc5c4)cn23)CCN1C(=O)c1cc(Cc2n[nH]c(=O)c3ccccc23)ccc1F.